The molecule has 0 bridgehead atoms. The lowest BCUT2D eigenvalue weighted by Crippen LogP contribution is -2.32. The fourth-order valence-electron chi connectivity index (χ4n) is 1.97. The van der Waals surface area contributed by atoms with Crippen LogP contribution in [0.1, 0.15) is 16.1 Å². The third-order valence-electron chi connectivity index (χ3n) is 3.17. The van der Waals surface area contributed by atoms with Crippen molar-refractivity contribution in [3.8, 4) is 11.8 Å². The molecular formula is C15H11F3N4O2. The third kappa shape index (κ3) is 3.43. The van der Waals surface area contributed by atoms with Crippen LogP contribution < -0.4 is 5.32 Å². The van der Waals surface area contributed by atoms with Gasteiger partial charge in [0.15, 0.2) is 17.4 Å². The molecule has 1 heterocycles. The number of nitrogens with zero attached hydrogens (tertiary/aromatic N) is 3. The molecule has 124 valence electrons. The van der Waals surface area contributed by atoms with Gasteiger partial charge in [-0.15, -0.1) is 0 Å². The SMILES string of the molecule is CNC(=O)C(C#N)C(=O)c1cccc(-n2ccc(C(F)(F)F)n2)c1. The minimum Gasteiger partial charge on any atom is -0.358 e. The van der Waals surface area contributed by atoms with E-state index in [9.17, 15) is 22.8 Å². The van der Waals surface area contributed by atoms with Crippen LogP contribution in [0.3, 0.4) is 0 Å². The third-order valence-corrected chi connectivity index (χ3v) is 3.17. The van der Waals surface area contributed by atoms with Gasteiger partial charge in [-0.25, -0.2) is 4.68 Å². The molecule has 0 aliphatic heterocycles. The number of alkyl halides is 3. The zero-order valence-electron chi connectivity index (χ0n) is 12.3. The first kappa shape index (κ1) is 17.2. The Kier molecular flexibility index (Phi) is 4.69. The maximum atomic E-state index is 12.6. The Labute approximate surface area is 134 Å². The van der Waals surface area contributed by atoms with Gasteiger partial charge < -0.3 is 5.32 Å². The first-order valence-corrected chi connectivity index (χ1v) is 6.66. The van der Waals surface area contributed by atoms with Crippen LogP contribution in [-0.2, 0) is 11.0 Å². The number of nitrogens with one attached hydrogen (secondary N) is 1. The zero-order chi connectivity index (χ0) is 17.9. The number of carbonyl (C=O) groups is 2. The summed E-state index contributed by atoms with van der Waals surface area (Å²) in [6.07, 6.45) is -3.48. The van der Waals surface area contributed by atoms with Crippen molar-refractivity contribution in [2.24, 2.45) is 5.92 Å². The fraction of sp³-hybridized carbons (Fsp3) is 0.200. The summed E-state index contributed by atoms with van der Waals surface area (Å²) >= 11 is 0. The van der Waals surface area contributed by atoms with Crippen LogP contribution in [0, 0.1) is 17.2 Å². The van der Waals surface area contributed by atoms with Gasteiger partial charge in [-0.3, -0.25) is 9.59 Å². The van der Waals surface area contributed by atoms with E-state index in [4.69, 9.17) is 5.26 Å². The highest BCUT2D eigenvalue weighted by atomic mass is 19.4. The highest BCUT2D eigenvalue weighted by Crippen LogP contribution is 2.28. The lowest BCUT2D eigenvalue weighted by molar-refractivity contribution is -0.141. The standard InChI is InChI=1S/C15H11F3N4O2/c1-20-14(24)11(8-19)13(23)9-3-2-4-10(7-9)22-6-5-12(21-22)15(16,17)18/h2-7,11H,1H3,(H,20,24). The smallest absolute Gasteiger partial charge is 0.358 e. The number of hydrogen-bond donors (Lipinski definition) is 1. The van der Waals surface area contributed by atoms with Gasteiger partial charge in [0.25, 0.3) is 0 Å². The van der Waals surface area contributed by atoms with Crippen LogP contribution in [-0.4, -0.2) is 28.5 Å². The first-order valence-electron chi connectivity index (χ1n) is 6.66. The van der Waals surface area contributed by atoms with Gasteiger partial charge in [-0.1, -0.05) is 12.1 Å². The molecular weight excluding hydrogens is 325 g/mol. The predicted octanol–water partition coefficient (Wildman–Crippen LogP) is 1.96. The molecule has 24 heavy (non-hydrogen) atoms. The van der Waals surface area contributed by atoms with E-state index >= 15 is 0 Å². The number of halogens is 3. The Morgan fingerprint density at radius 2 is 2.04 bits per heavy atom. The van der Waals surface area contributed by atoms with E-state index in [1.807, 2.05) is 0 Å². The molecule has 0 aliphatic carbocycles. The summed E-state index contributed by atoms with van der Waals surface area (Å²) in [5.41, 5.74) is -0.851. The molecule has 0 saturated heterocycles. The van der Waals surface area contributed by atoms with E-state index < -0.39 is 29.5 Å². The molecule has 2 rings (SSSR count). The molecule has 1 N–H and O–H groups in total. The summed E-state index contributed by atoms with van der Waals surface area (Å²) in [7, 11) is 1.29. The molecule has 0 radical (unpaired) electrons. The summed E-state index contributed by atoms with van der Waals surface area (Å²) in [6.45, 7) is 0. The molecule has 0 fully saturated rings. The van der Waals surface area contributed by atoms with Crippen molar-refractivity contribution in [1.82, 2.24) is 15.1 Å². The molecule has 1 amide bonds. The van der Waals surface area contributed by atoms with Crippen LogP contribution in [0.2, 0.25) is 0 Å². The van der Waals surface area contributed by atoms with Crippen molar-refractivity contribution in [2.75, 3.05) is 7.05 Å². The van der Waals surface area contributed by atoms with Crippen molar-refractivity contribution in [2.45, 2.75) is 6.18 Å². The summed E-state index contributed by atoms with van der Waals surface area (Å²) in [5, 5.41) is 14.6. The number of carbonyl (C=O) groups excluding carboxylic acids is 2. The molecule has 6 nitrogen and oxygen atoms in total. The van der Waals surface area contributed by atoms with Gasteiger partial charge in [-0.2, -0.15) is 23.5 Å². The maximum Gasteiger partial charge on any atom is 0.435 e. The molecule has 0 spiro atoms. The molecule has 1 aromatic heterocycles. The monoisotopic (exact) mass is 336 g/mol. The Bertz CT molecular complexity index is 821. The Balaban J connectivity index is 2.36. The number of Topliss-reactive ketones (excluding diaryl/α,β-unsaturated/α-hetero) is 1. The van der Waals surface area contributed by atoms with Crippen molar-refractivity contribution in [3.63, 3.8) is 0 Å². The zero-order valence-corrected chi connectivity index (χ0v) is 12.3. The van der Waals surface area contributed by atoms with E-state index in [2.05, 4.69) is 10.4 Å². The van der Waals surface area contributed by atoms with Gasteiger partial charge in [-0.05, 0) is 18.2 Å². The fourth-order valence-corrected chi connectivity index (χ4v) is 1.97. The molecule has 1 unspecified atom stereocenters. The highest BCUT2D eigenvalue weighted by molar-refractivity contribution is 6.12. The van der Waals surface area contributed by atoms with Crippen molar-refractivity contribution < 1.29 is 22.8 Å². The second-order valence-electron chi connectivity index (χ2n) is 4.73. The molecule has 1 atom stereocenters. The van der Waals surface area contributed by atoms with E-state index in [1.54, 1.807) is 6.07 Å². The van der Waals surface area contributed by atoms with Crippen LogP contribution in [0.4, 0.5) is 13.2 Å². The Morgan fingerprint density at radius 3 is 2.58 bits per heavy atom. The summed E-state index contributed by atoms with van der Waals surface area (Å²) in [4.78, 5) is 23.8. The number of nitriles is 1. The predicted molar refractivity (Wildman–Crippen MR) is 76.1 cm³/mol. The Hall–Kier alpha value is -3.15. The van der Waals surface area contributed by atoms with Gasteiger partial charge in [0.2, 0.25) is 5.91 Å². The normalized spacial score (nSPS) is 12.3. The van der Waals surface area contributed by atoms with Crippen molar-refractivity contribution in [3.05, 3.63) is 47.8 Å². The lowest BCUT2D eigenvalue weighted by Gasteiger charge is -2.08. The van der Waals surface area contributed by atoms with Crippen LogP contribution >= 0.6 is 0 Å². The van der Waals surface area contributed by atoms with E-state index in [0.29, 0.717) is 0 Å². The van der Waals surface area contributed by atoms with Crippen LogP contribution in [0.5, 0.6) is 0 Å². The largest absolute Gasteiger partial charge is 0.435 e. The molecule has 1 aromatic carbocycles. The summed E-state index contributed by atoms with van der Waals surface area (Å²) < 4.78 is 38.7. The second-order valence-corrected chi connectivity index (χ2v) is 4.73. The molecule has 2 aromatic rings. The van der Waals surface area contributed by atoms with Gasteiger partial charge in [0, 0.05) is 18.8 Å². The summed E-state index contributed by atoms with van der Waals surface area (Å²) in [5.74, 6) is -3.04. The number of rotatable bonds is 4. The summed E-state index contributed by atoms with van der Waals surface area (Å²) in [6, 6.07) is 7.92. The number of benzene rings is 1. The van der Waals surface area contributed by atoms with Gasteiger partial charge in [0.1, 0.15) is 0 Å². The highest BCUT2D eigenvalue weighted by Gasteiger charge is 2.33. The van der Waals surface area contributed by atoms with Gasteiger partial charge in [0.05, 0.1) is 11.8 Å². The lowest BCUT2D eigenvalue weighted by atomic mass is 9.98. The van der Waals surface area contributed by atoms with Crippen LogP contribution in [0.15, 0.2) is 36.5 Å². The topological polar surface area (TPSA) is 87.8 Å². The Morgan fingerprint density at radius 1 is 1.33 bits per heavy atom. The second kappa shape index (κ2) is 6.54. The maximum absolute atomic E-state index is 12.6. The number of aromatic nitrogens is 2. The molecule has 9 heteroatoms. The van der Waals surface area contributed by atoms with E-state index in [0.717, 1.165) is 16.9 Å². The number of ketones is 1. The van der Waals surface area contributed by atoms with Gasteiger partial charge >= 0.3 is 6.18 Å². The van der Waals surface area contributed by atoms with Crippen molar-refractivity contribution >= 4 is 11.7 Å². The van der Waals surface area contributed by atoms with E-state index in [-0.39, 0.29) is 11.3 Å². The first-order chi connectivity index (χ1) is 11.3. The minimum absolute atomic E-state index is 0.0201. The molecule has 0 saturated carbocycles. The molecule has 0 aliphatic rings. The van der Waals surface area contributed by atoms with Crippen molar-refractivity contribution in [1.29, 1.82) is 5.26 Å². The van der Waals surface area contributed by atoms with E-state index in [1.165, 1.54) is 31.3 Å². The van der Waals surface area contributed by atoms with Crippen LogP contribution in [0.25, 0.3) is 5.69 Å². The number of amides is 1. The number of hydrogen-bond acceptors (Lipinski definition) is 4. The quantitative estimate of drug-likeness (QED) is 0.683. The average Bonchev–Trinajstić information content (AvgIpc) is 3.05. The average molecular weight is 336 g/mol. The minimum atomic E-state index is -4.58.